The number of aryl methyl sites for hydroxylation is 1. The molecule has 0 radical (unpaired) electrons. The van der Waals surface area contributed by atoms with E-state index in [0.29, 0.717) is 0 Å². The predicted octanol–water partition coefficient (Wildman–Crippen LogP) is 5.14. The first kappa shape index (κ1) is 13.7. The third-order valence-electron chi connectivity index (χ3n) is 2.83. The highest BCUT2D eigenvalue weighted by Gasteiger charge is 1.95. The van der Waals surface area contributed by atoms with E-state index in [2.05, 4.69) is 40.0 Å². The van der Waals surface area contributed by atoms with Crippen LogP contribution in [0.2, 0.25) is 0 Å². The van der Waals surface area contributed by atoms with Gasteiger partial charge in [-0.2, -0.15) is 0 Å². The second-order valence-electron chi connectivity index (χ2n) is 4.34. The van der Waals surface area contributed by atoms with Gasteiger partial charge in [0.2, 0.25) is 0 Å². The summed E-state index contributed by atoms with van der Waals surface area (Å²) < 4.78 is 1.07. The lowest BCUT2D eigenvalue weighted by atomic mass is 10.1. The van der Waals surface area contributed by atoms with E-state index in [9.17, 15) is 0 Å². The third kappa shape index (κ3) is 6.26. The number of pyridine rings is 1. The first-order valence-electron chi connectivity index (χ1n) is 6.43. The Balaban J connectivity index is 2.01. The van der Waals surface area contributed by atoms with E-state index >= 15 is 0 Å². The van der Waals surface area contributed by atoms with Crippen molar-refractivity contribution in [1.82, 2.24) is 4.98 Å². The predicted molar refractivity (Wildman–Crippen MR) is 73.6 cm³/mol. The van der Waals surface area contributed by atoms with Gasteiger partial charge in [-0.05, 0) is 40.9 Å². The van der Waals surface area contributed by atoms with Gasteiger partial charge in [-0.1, -0.05) is 45.4 Å². The van der Waals surface area contributed by atoms with E-state index in [1.807, 2.05) is 6.20 Å². The zero-order valence-electron chi connectivity index (χ0n) is 10.2. The zero-order chi connectivity index (χ0) is 11.6. The van der Waals surface area contributed by atoms with Crippen LogP contribution in [-0.2, 0) is 6.42 Å². The minimum atomic E-state index is 1.07. The maximum absolute atomic E-state index is 4.38. The monoisotopic (exact) mass is 283 g/mol. The summed E-state index contributed by atoms with van der Waals surface area (Å²) >= 11 is 3.40. The Bertz CT molecular complexity index is 269. The van der Waals surface area contributed by atoms with Crippen molar-refractivity contribution in [2.75, 3.05) is 0 Å². The number of halogens is 1. The van der Waals surface area contributed by atoms with Crippen LogP contribution in [0.3, 0.4) is 0 Å². The molecular weight excluding hydrogens is 262 g/mol. The molecule has 2 heteroatoms. The Kier molecular flexibility index (Phi) is 7.48. The summed E-state index contributed by atoms with van der Waals surface area (Å²) in [4.78, 5) is 4.38. The highest BCUT2D eigenvalue weighted by atomic mass is 79.9. The Morgan fingerprint density at radius 3 is 2.31 bits per heavy atom. The molecule has 0 saturated carbocycles. The molecule has 0 fully saturated rings. The summed E-state index contributed by atoms with van der Waals surface area (Å²) in [5.74, 6) is 0. The van der Waals surface area contributed by atoms with Crippen molar-refractivity contribution in [3.05, 3.63) is 28.5 Å². The summed E-state index contributed by atoms with van der Waals surface area (Å²) in [5, 5.41) is 0. The molecule has 16 heavy (non-hydrogen) atoms. The van der Waals surface area contributed by atoms with Crippen LogP contribution in [0.15, 0.2) is 22.8 Å². The number of unbranched alkanes of at least 4 members (excludes halogenated alkanes) is 6. The van der Waals surface area contributed by atoms with Gasteiger partial charge in [0.25, 0.3) is 0 Å². The first-order valence-corrected chi connectivity index (χ1v) is 7.22. The molecular formula is C14H22BrN. The Morgan fingerprint density at radius 1 is 1.00 bits per heavy atom. The van der Waals surface area contributed by atoms with Gasteiger partial charge in [0.15, 0.2) is 0 Å². The van der Waals surface area contributed by atoms with Crippen LogP contribution in [0, 0.1) is 0 Å². The molecule has 0 aliphatic rings. The van der Waals surface area contributed by atoms with Crippen LogP contribution in [-0.4, -0.2) is 4.98 Å². The fourth-order valence-corrected chi connectivity index (χ4v) is 2.05. The average Bonchev–Trinajstić information content (AvgIpc) is 2.30. The highest BCUT2D eigenvalue weighted by molar-refractivity contribution is 9.10. The molecule has 0 aromatic carbocycles. The lowest BCUT2D eigenvalue weighted by molar-refractivity contribution is 0.587. The normalized spacial score (nSPS) is 10.6. The van der Waals surface area contributed by atoms with E-state index in [0.717, 1.165) is 10.9 Å². The number of rotatable bonds is 8. The van der Waals surface area contributed by atoms with Crippen molar-refractivity contribution in [3.8, 4) is 0 Å². The molecule has 90 valence electrons. The van der Waals surface area contributed by atoms with E-state index in [1.165, 1.54) is 50.6 Å². The quantitative estimate of drug-likeness (QED) is 0.602. The number of hydrogen-bond acceptors (Lipinski definition) is 1. The lowest BCUT2D eigenvalue weighted by Crippen LogP contribution is -1.89. The molecule has 1 rings (SSSR count). The molecule has 0 unspecified atom stereocenters. The molecule has 1 nitrogen and oxygen atoms in total. The molecule has 0 N–H and O–H groups in total. The molecule has 1 aromatic rings. The van der Waals surface area contributed by atoms with Gasteiger partial charge in [0.1, 0.15) is 0 Å². The Labute approximate surface area is 108 Å². The average molecular weight is 284 g/mol. The fourth-order valence-electron chi connectivity index (χ4n) is 1.82. The van der Waals surface area contributed by atoms with Crippen molar-refractivity contribution in [3.63, 3.8) is 0 Å². The van der Waals surface area contributed by atoms with Crippen LogP contribution in [0.5, 0.6) is 0 Å². The second kappa shape index (κ2) is 8.74. The maximum Gasteiger partial charge on any atom is 0.0413 e. The van der Waals surface area contributed by atoms with Gasteiger partial charge in [-0.25, -0.2) is 0 Å². The minimum Gasteiger partial charge on any atom is -0.260 e. The summed E-state index contributed by atoms with van der Waals surface area (Å²) in [6.07, 6.45) is 12.6. The first-order chi connectivity index (χ1) is 7.83. The van der Waals surface area contributed by atoms with Gasteiger partial charge in [0, 0.05) is 16.4 Å². The van der Waals surface area contributed by atoms with Gasteiger partial charge >= 0.3 is 0 Å². The van der Waals surface area contributed by atoms with Crippen molar-refractivity contribution >= 4 is 15.9 Å². The Morgan fingerprint density at radius 2 is 1.69 bits per heavy atom. The van der Waals surface area contributed by atoms with Crippen molar-refractivity contribution in [1.29, 1.82) is 0 Å². The summed E-state index contributed by atoms with van der Waals surface area (Å²) in [6, 6.07) is 4.19. The molecule has 1 heterocycles. The maximum atomic E-state index is 4.38. The van der Waals surface area contributed by atoms with Crippen molar-refractivity contribution in [2.24, 2.45) is 0 Å². The van der Waals surface area contributed by atoms with Crippen molar-refractivity contribution in [2.45, 2.75) is 58.3 Å². The van der Waals surface area contributed by atoms with E-state index < -0.39 is 0 Å². The van der Waals surface area contributed by atoms with Gasteiger partial charge in [-0.3, -0.25) is 4.98 Å². The molecule has 0 atom stereocenters. The fraction of sp³-hybridized carbons (Fsp3) is 0.643. The summed E-state index contributed by atoms with van der Waals surface area (Å²) in [7, 11) is 0. The smallest absolute Gasteiger partial charge is 0.0413 e. The Hall–Kier alpha value is -0.370. The van der Waals surface area contributed by atoms with Gasteiger partial charge in [0.05, 0.1) is 0 Å². The molecule has 0 aliphatic heterocycles. The van der Waals surface area contributed by atoms with Crippen LogP contribution >= 0.6 is 15.9 Å². The van der Waals surface area contributed by atoms with Crippen molar-refractivity contribution < 1.29 is 0 Å². The minimum absolute atomic E-state index is 1.07. The number of nitrogens with zero attached hydrogens (tertiary/aromatic N) is 1. The molecule has 0 spiro atoms. The van der Waals surface area contributed by atoms with Crippen LogP contribution in [0.1, 0.15) is 57.6 Å². The topological polar surface area (TPSA) is 12.9 Å². The standard InChI is InChI=1S/C14H22BrN/c1-2-3-4-5-6-7-8-9-14-11-10-13(15)12-16-14/h10-12H,2-9H2,1H3. The zero-order valence-corrected chi connectivity index (χ0v) is 11.8. The molecule has 0 amide bonds. The SMILES string of the molecule is CCCCCCCCCc1ccc(Br)cn1. The molecule has 1 aromatic heterocycles. The summed E-state index contributed by atoms with van der Waals surface area (Å²) in [6.45, 7) is 2.26. The van der Waals surface area contributed by atoms with Crippen LogP contribution in [0.25, 0.3) is 0 Å². The molecule has 0 saturated heterocycles. The number of hydrogen-bond donors (Lipinski definition) is 0. The third-order valence-corrected chi connectivity index (χ3v) is 3.29. The molecule has 0 aliphatic carbocycles. The summed E-state index contributed by atoms with van der Waals surface area (Å²) in [5.41, 5.74) is 1.22. The van der Waals surface area contributed by atoms with Crippen LogP contribution < -0.4 is 0 Å². The van der Waals surface area contributed by atoms with E-state index in [1.54, 1.807) is 0 Å². The molecule has 0 bridgehead atoms. The highest BCUT2D eigenvalue weighted by Crippen LogP contribution is 2.11. The van der Waals surface area contributed by atoms with E-state index in [4.69, 9.17) is 0 Å². The van der Waals surface area contributed by atoms with Gasteiger partial charge < -0.3 is 0 Å². The van der Waals surface area contributed by atoms with E-state index in [-0.39, 0.29) is 0 Å². The number of aromatic nitrogens is 1. The largest absolute Gasteiger partial charge is 0.260 e. The van der Waals surface area contributed by atoms with Crippen LogP contribution in [0.4, 0.5) is 0 Å². The van der Waals surface area contributed by atoms with Gasteiger partial charge in [-0.15, -0.1) is 0 Å². The second-order valence-corrected chi connectivity index (χ2v) is 5.25. The lowest BCUT2D eigenvalue weighted by Gasteiger charge is -2.01.